The number of imidazole rings is 1. The smallest absolute Gasteiger partial charge is 0.328 e. The highest BCUT2D eigenvalue weighted by Gasteiger charge is 2.57. The van der Waals surface area contributed by atoms with Gasteiger partial charge in [-0.1, -0.05) is 49.1 Å². The molecule has 0 bridgehead atoms. The molecule has 1 aliphatic carbocycles. The molecule has 5 aliphatic heterocycles. The molecule has 1 saturated carbocycles. The van der Waals surface area contributed by atoms with Gasteiger partial charge in [0.15, 0.2) is 11.6 Å². The van der Waals surface area contributed by atoms with Crippen molar-refractivity contribution in [3.8, 4) is 11.3 Å². The molecule has 2 aromatic carbocycles. The van der Waals surface area contributed by atoms with E-state index >= 15 is 13.2 Å². The van der Waals surface area contributed by atoms with Crippen molar-refractivity contribution >= 4 is 52.4 Å². The van der Waals surface area contributed by atoms with Crippen LogP contribution in [0.25, 0.3) is 17.0 Å². The van der Waals surface area contributed by atoms with Crippen molar-refractivity contribution in [2.75, 3.05) is 61.5 Å². The average molecular weight is 900 g/mol. The van der Waals surface area contributed by atoms with Gasteiger partial charge in [-0.25, -0.2) is 27.6 Å². The lowest BCUT2D eigenvalue weighted by molar-refractivity contribution is -0.186. The normalized spacial score (nSPS) is 20.9. The Kier molecular flexibility index (Phi) is 11.5. The second-order valence-corrected chi connectivity index (χ2v) is 17.6. The summed E-state index contributed by atoms with van der Waals surface area (Å²) >= 11 is 6.14. The number of nitrogens with zero attached hydrogens (tertiary/aromatic N) is 7. The SMILES string of the molecule is C1CC1.CNC1=CC(N2CCc3c(-c4ccc(CN5CCC6(CCN(C(=O)c7cc(Cl)c(F)c(N8CCC(=O)NC8=O)c7)CC6)C(F)(F)C5)cn4)cccc32)Nn2c(C(N)=O)cnc21. The number of fused-ring (bicyclic) bond motifs is 2. The number of nitrogens with two attached hydrogens (primary N) is 1. The number of pyridine rings is 1. The summed E-state index contributed by atoms with van der Waals surface area (Å²) in [5, 5.41) is 4.92. The predicted octanol–water partition coefficient (Wildman–Crippen LogP) is 5.72. The van der Waals surface area contributed by atoms with Crippen LogP contribution >= 0.6 is 11.6 Å². The van der Waals surface area contributed by atoms with Crippen LogP contribution in [0.15, 0.2) is 60.9 Å². The van der Waals surface area contributed by atoms with Gasteiger partial charge in [0.25, 0.3) is 17.7 Å². The van der Waals surface area contributed by atoms with Crippen molar-refractivity contribution in [2.45, 2.75) is 70.0 Å². The first-order valence-electron chi connectivity index (χ1n) is 21.6. The van der Waals surface area contributed by atoms with Gasteiger partial charge in [-0.15, -0.1) is 0 Å². The van der Waals surface area contributed by atoms with Crippen LogP contribution in [0.3, 0.4) is 0 Å². The van der Waals surface area contributed by atoms with Crippen LogP contribution in [0.5, 0.6) is 0 Å². The number of amides is 5. The third-order valence-corrected chi connectivity index (χ3v) is 13.4. The van der Waals surface area contributed by atoms with Crippen molar-refractivity contribution in [1.29, 1.82) is 0 Å². The lowest BCUT2D eigenvalue weighted by Gasteiger charge is -2.51. The summed E-state index contributed by atoms with van der Waals surface area (Å²) in [6, 6.07) is 11.5. The topological polar surface area (TPSA) is 174 Å². The number of halogens is 4. The summed E-state index contributed by atoms with van der Waals surface area (Å²) in [4.78, 5) is 65.3. The molecule has 4 aromatic rings. The van der Waals surface area contributed by atoms with Gasteiger partial charge in [-0.3, -0.25) is 39.9 Å². The number of likely N-dealkylation sites (tertiary alicyclic amines) is 2. The highest BCUT2D eigenvalue weighted by molar-refractivity contribution is 6.31. The van der Waals surface area contributed by atoms with Gasteiger partial charge >= 0.3 is 6.03 Å². The van der Waals surface area contributed by atoms with E-state index in [-0.39, 0.29) is 73.5 Å². The van der Waals surface area contributed by atoms with E-state index in [4.69, 9.17) is 22.3 Å². The largest absolute Gasteiger partial charge is 0.385 e. The number of carbonyl (C=O) groups excluding carboxylic acids is 4. The minimum absolute atomic E-state index is 0.0231. The van der Waals surface area contributed by atoms with Crippen molar-refractivity contribution in [2.24, 2.45) is 11.1 Å². The molecule has 7 heterocycles. The maximum atomic E-state index is 16.2. The molecular formula is C45H49ClF3N11O4. The zero-order chi connectivity index (χ0) is 44.9. The lowest BCUT2D eigenvalue weighted by Crippen LogP contribution is -2.59. The Labute approximate surface area is 372 Å². The molecule has 3 saturated heterocycles. The second-order valence-electron chi connectivity index (χ2n) is 17.2. The molecule has 5 N–H and O–H groups in total. The first kappa shape index (κ1) is 43.1. The Morgan fingerprint density at radius 1 is 0.953 bits per heavy atom. The molecule has 336 valence electrons. The number of urea groups is 1. The van der Waals surface area contributed by atoms with Gasteiger partial charge in [0.05, 0.1) is 34.8 Å². The summed E-state index contributed by atoms with van der Waals surface area (Å²) in [6.07, 6.45) is 10.6. The maximum Gasteiger partial charge on any atom is 0.328 e. The molecule has 4 fully saturated rings. The molecule has 10 rings (SSSR count). The Balaban J connectivity index is 0.00000166. The zero-order valence-corrected chi connectivity index (χ0v) is 36.1. The molecule has 19 heteroatoms. The number of primary amides is 1. The number of carbonyl (C=O) groups is 4. The number of imide groups is 1. The minimum Gasteiger partial charge on any atom is -0.385 e. The first-order chi connectivity index (χ1) is 30.8. The van der Waals surface area contributed by atoms with E-state index in [9.17, 15) is 19.2 Å². The first-order valence-corrected chi connectivity index (χ1v) is 22.0. The van der Waals surface area contributed by atoms with Crippen LogP contribution in [0.2, 0.25) is 5.02 Å². The highest BCUT2D eigenvalue weighted by atomic mass is 35.5. The number of alkyl halides is 2. The molecule has 5 amide bonds. The van der Waals surface area contributed by atoms with Crippen molar-refractivity contribution in [3.05, 3.63) is 100.0 Å². The number of hydrogen-bond donors (Lipinski definition) is 4. The van der Waals surface area contributed by atoms with E-state index in [0.29, 0.717) is 25.5 Å². The van der Waals surface area contributed by atoms with Crippen molar-refractivity contribution in [1.82, 2.24) is 35.1 Å². The van der Waals surface area contributed by atoms with Gasteiger partial charge in [-0.05, 0) is 73.7 Å². The molecule has 1 spiro atoms. The van der Waals surface area contributed by atoms with Crippen LogP contribution < -0.4 is 31.6 Å². The van der Waals surface area contributed by atoms with Gasteiger partial charge in [0, 0.05) is 74.6 Å². The third-order valence-electron chi connectivity index (χ3n) is 13.1. The number of hydrogen-bond acceptors (Lipinski definition) is 10. The lowest BCUT2D eigenvalue weighted by atomic mass is 9.68. The number of rotatable bonds is 8. The van der Waals surface area contributed by atoms with Crippen molar-refractivity contribution in [3.63, 3.8) is 0 Å². The fraction of sp³-hybridized carbons (Fsp3) is 0.422. The van der Waals surface area contributed by atoms with E-state index in [1.54, 1.807) is 22.8 Å². The van der Waals surface area contributed by atoms with Crippen LogP contribution in [-0.4, -0.2) is 107 Å². The average Bonchev–Trinajstić information content (AvgIpc) is 4.00. The van der Waals surface area contributed by atoms with Crippen LogP contribution in [0.1, 0.15) is 82.7 Å². The predicted molar refractivity (Wildman–Crippen MR) is 235 cm³/mol. The fourth-order valence-electron chi connectivity index (χ4n) is 9.37. The van der Waals surface area contributed by atoms with E-state index in [2.05, 4.69) is 32.0 Å². The number of piperidine rings is 2. The minimum atomic E-state index is -3.02. The Morgan fingerprint density at radius 3 is 2.39 bits per heavy atom. The Bertz CT molecular complexity index is 2540. The van der Waals surface area contributed by atoms with Gasteiger partial charge in [-0.2, -0.15) is 0 Å². The van der Waals surface area contributed by atoms with Crippen LogP contribution in [0.4, 0.5) is 29.3 Å². The molecule has 0 radical (unpaired) electrons. The summed E-state index contributed by atoms with van der Waals surface area (Å²) in [5.41, 5.74) is 13.2. The van der Waals surface area contributed by atoms with Crippen LogP contribution in [-0.2, 0) is 17.8 Å². The quantitative estimate of drug-likeness (QED) is 0.171. The number of anilines is 2. The summed E-state index contributed by atoms with van der Waals surface area (Å²) in [5.74, 6) is -4.95. The molecule has 64 heavy (non-hydrogen) atoms. The van der Waals surface area contributed by atoms with E-state index in [1.165, 1.54) is 42.5 Å². The molecule has 15 nitrogen and oxygen atoms in total. The third kappa shape index (κ3) is 8.12. The molecule has 1 unspecified atom stereocenters. The summed E-state index contributed by atoms with van der Waals surface area (Å²) in [7, 11) is 1.80. The molecule has 1 atom stereocenters. The van der Waals surface area contributed by atoms with Gasteiger partial charge in [0.1, 0.15) is 11.9 Å². The second kappa shape index (κ2) is 17.1. The standard InChI is InChI=1S/C42H43ClF3N11O4.C3H6/c1-48-30-19-34(52-57-33(37(47)59)21-50-38(30)57)55-12-7-27-26(3-2-4-31(27)55)29-6-5-24(20-49-29)22-53-14-9-41(42(45,46)23-53)10-15-54(16-11-41)39(60)25-17-28(43)36(44)32(18-25)56-13-8-35(58)51-40(56)61;1-2-3-1/h2-6,17-21,34,48,52H,7-16,22-23H2,1H3,(H2,47,59)(H,51,58,61);1-3H2. The highest BCUT2D eigenvalue weighted by Crippen LogP contribution is 2.51. The molecule has 6 aliphatic rings. The monoisotopic (exact) mass is 899 g/mol. The number of aromatic nitrogens is 3. The number of nitrogens with one attached hydrogen (secondary N) is 3. The molecular weight excluding hydrogens is 851 g/mol. The van der Waals surface area contributed by atoms with E-state index in [1.807, 2.05) is 30.3 Å². The fourth-order valence-corrected chi connectivity index (χ4v) is 9.58. The number of benzene rings is 2. The Hall–Kier alpha value is -6.14. The Morgan fingerprint density at radius 2 is 1.72 bits per heavy atom. The van der Waals surface area contributed by atoms with E-state index in [0.717, 1.165) is 45.1 Å². The summed E-state index contributed by atoms with van der Waals surface area (Å²) < 4.78 is 49.0. The summed E-state index contributed by atoms with van der Waals surface area (Å²) in [6.45, 7) is 1.11. The molecule has 2 aromatic heterocycles. The maximum absolute atomic E-state index is 16.2. The van der Waals surface area contributed by atoms with Crippen LogP contribution in [0, 0.1) is 11.2 Å². The van der Waals surface area contributed by atoms with Gasteiger partial charge in [0.2, 0.25) is 5.91 Å². The zero-order valence-electron chi connectivity index (χ0n) is 35.3. The van der Waals surface area contributed by atoms with Crippen molar-refractivity contribution < 1.29 is 32.3 Å². The van der Waals surface area contributed by atoms with Gasteiger partial charge < -0.3 is 20.9 Å². The van der Waals surface area contributed by atoms with E-state index < -0.39 is 47.5 Å².